The molecule has 5 heteroatoms. The van der Waals surface area contributed by atoms with Gasteiger partial charge < -0.3 is 10.2 Å². The molecule has 0 radical (unpaired) electrons. The fourth-order valence-electron chi connectivity index (χ4n) is 3.70. The van der Waals surface area contributed by atoms with Crippen molar-refractivity contribution in [2.45, 2.75) is 26.7 Å². The summed E-state index contributed by atoms with van der Waals surface area (Å²) in [7, 11) is 0. The summed E-state index contributed by atoms with van der Waals surface area (Å²) in [6, 6.07) is 16.1. The van der Waals surface area contributed by atoms with Crippen LogP contribution in [-0.2, 0) is 9.59 Å². The van der Waals surface area contributed by atoms with Gasteiger partial charge in [-0.3, -0.25) is 14.5 Å². The second-order valence-corrected chi connectivity index (χ2v) is 7.89. The number of rotatable bonds is 6. The summed E-state index contributed by atoms with van der Waals surface area (Å²) in [5, 5.41) is 2.87. The van der Waals surface area contributed by atoms with Crippen molar-refractivity contribution in [2.24, 2.45) is 0 Å². The summed E-state index contributed by atoms with van der Waals surface area (Å²) in [5.41, 5.74) is 4.11. The van der Waals surface area contributed by atoms with Gasteiger partial charge in [0.25, 0.3) is 0 Å². The lowest BCUT2D eigenvalue weighted by molar-refractivity contribution is -0.134. The van der Waals surface area contributed by atoms with Crippen LogP contribution in [0, 0.1) is 13.8 Å². The minimum atomic E-state index is -0.251. The van der Waals surface area contributed by atoms with Crippen molar-refractivity contribution in [3.8, 4) is 0 Å². The number of hydrogen-bond acceptors (Lipinski definition) is 3. The molecule has 0 unspecified atom stereocenters. The van der Waals surface area contributed by atoms with E-state index < -0.39 is 0 Å². The summed E-state index contributed by atoms with van der Waals surface area (Å²) in [5.74, 6) is -0.349. The van der Waals surface area contributed by atoms with Crippen LogP contribution in [0.3, 0.4) is 0 Å². The maximum atomic E-state index is 12.6. The quantitative estimate of drug-likeness (QED) is 0.742. The fraction of sp³-hybridized carbons (Fsp3) is 0.360. The standard InChI is InChI=1S/C25H31N3O2/c1-20-11-12-23(21(2)18-20)26-24(29)19-25(30)28-15-7-14-27(16-17-28)13-6-10-22-8-4-3-5-9-22/h3-6,8-12,18H,7,13-17,19H2,1-2H3,(H,26,29)/b10-6+. The molecule has 0 spiro atoms. The molecule has 3 rings (SSSR count). The van der Waals surface area contributed by atoms with Gasteiger partial charge in [-0.05, 0) is 37.5 Å². The number of anilines is 1. The zero-order chi connectivity index (χ0) is 21.3. The number of amides is 2. The Morgan fingerprint density at radius 2 is 1.80 bits per heavy atom. The molecule has 1 heterocycles. The molecular formula is C25H31N3O2. The molecular weight excluding hydrogens is 374 g/mol. The van der Waals surface area contributed by atoms with Crippen LogP contribution < -0.4 is 5.32 Å². The van der Waals surface area contributed by atoms with Gasteiger partial charge in [-0.25, -0.2) is 0 Å². The lowest BCUT2D eigenvalue weighted by Crippen LogP contribution is -2.37. The van der Waals surface area contributed by atoms with E-state index in [1.54, 1.807) is 0 Å². The van der Waals surface area contributed by atoms with Crippen molar-refractivity contribution in [2.75, 3.05) is 38.0 Å². The van der Waals surface area contributed by atoms with Crippen LogP contribution >= 0.6 is 0 Å². The van der Waals surface area contributed by atoms with E-state index in [2.05, 4.69) is 34.5 Å². The molecule has 158 valence electrons. The number of nitrogens with one attached hydrogen (secondary N) is 1. The number of carbonyl (C=O) groups excluding carboxylic acids is 2. The fourth-order valence-corrected chi connectivity index (χ4v) is 3.70. The van der Waals surface area contributed by atoms with Gasteiger partial charge in [-0.2, -0.15) is 0 Å². The third kappa shape index (κ3) is 6.56. The van der Waals surface area contributed by atoms with E-state index in [0.717, 1.165) is 42.9 Å². The minimum Gasteiger partial charge on any atom is -0.341 e. The Hall–Kier alpha value is -2.92. The Labute approximate surface area is 179 Å². The van der Waals surface area contributed by atoms with Crippen LogP contribution in [0.5, 0.6) is 0 Å². The zero-order valence-corrected chi connectivity index (χ0v) is 17.9. The van der Waals surface area contributed by atoms with Crippen LogP contribution in [0.4, 0.5) is 5.69 Å². The highest BCUT2D eigenvalue weighted by Crippen LogP contribution is 2.16. The first kappa shape index (κ1) is 21.8. The smallest absolute Gasteiger partial charge is 0.233 e. The Morgan fingerprint density at radius 3 is 2.57 bits per heavy atom. The number of aryl methyl sites for hydroxylation is 2. The highest BCUT2D eigenvalue weighted by atomic mass is 16.2. The normalized spacial score (nSPS) is 15.2. The number of nitrogens with zero attached hydrogens (tertiary/aromatic N) is 2. The van der Waals surface area contributed by atoms with Crippen molar-refractivity contribution in [3.05, 3.63) is 71.3 Å². The molecule has 30 heavy (non-hydrogen) atoms. The van der Waals surface area contributed by atoms with Gasteiger partial charge >= 0.3 is 0 Å². The van der Waals surface area contributed by atoms with Crippen molar-refractivity contribution < 1.29 is 9.59 Å². The first-order valence-corrected chi connectivity index (χ1v) is 10.6. The lowest BCUT2D eigenvalue weighted by Gasteiger charge is -2.21. The van der Waals surface area contributed by atoms with Gasteiger partial charge in [-0.1, -0.05) is 60.2 Å². The van der Waals surface area contributed by atoms with E-state index in [4.69, 9.17) is 0 Å². The highest BCUT2D eigenvalue weighted by molar-refractivity contribution is 6.03. The number of carbonyl (C=O) groups is 2. The van der Waals surface area contributed by atoms with E-state index in [-0.39, 0.29) is 18.2 Å². The van der Waals surface area contributed by atoms with E-state index in [1.807, 2.05) is 55.1 Å². The predicted octanol–water partition coefficient (Wildman–Crippen LogP) is 3.88. The molecule has 1 fully saturated rings. The monoisotopic (exact) mass is 405 g/mol. The Kier molecular flexibility index (Phi) is 7.80. The summed E-state index contributed by atoms with van der Waals surface area (Å²) in [4.78, 5) is 29.2. The summed E-state index contributed by atoms with van der Waals surface area (Å²) in [6.07, 6.45) is 5.11. The van der Waals surface area contributed by atoms with Crippen molar-refractivity contribution >= 4 is 23.6 Å². The molecule has 0 aromatic heterocycles. The minimum absolute atomic E-state index is 0.0982. The SMILES string of the molecule is Cc1ccc(NC(=O)CC(=O)N2CCCN(C/C=C/c3ccccc3)CC2)c(C)c1. The zero-order valence-electron chi connectivity index (χ0n) is 17.9. The lowest BCUT2D eigenvalue weighted by atomic mass is 10.1. The maximum Gasteiger partial charge on any atom is 0.233 e. The van der Waals surface area contributed by atoms with E-state index in [9.17, 15) is 9.59 Å². The first-order valence-electron chi connectivity index (χ1n) is 10.6. The molecule has 0 bridgehead atoms. The molecule has 0 saturated carbocycles. The second-order valence-electron chi connectivity index (χ2n) is 7.89. The Bertz CT molecular complexity index is 893. The largest absolute Gasteiger partial charge is 0.341 e. The summed E-state index contributed by atoms with van der Waals surface area (Å²) >= 11 is 0. The Balaban J connectivity index is 1.45. The van der Waals surface area contributed by atoms with Gasteiger partial charge in [0.2, 0.25) is 11.8 Å². The molecule has 2 aromatic rings. The van der Waals surface area contributed by atoms with Crippen LogP contribution in [-0.4, -0.2) is 54.3 Å². The molecule has 1 aliphatic heterocycles. The summed E-state index contributed by atoms with van der Waals surface area (Å²) in [6.45, 7) is 7.98. The van der Waals surface area contributed by atoms with Crippen molar-refractivity contribution in [3.63, 3.8) is 0 Å². The van der Waals surface area contributed by atoms with Crippen LogP contribution in [0.1, 0.15) is 29.5 Å². The summed E-state index contributed by atoms with van der Waals surface area (Å²) < 4.78 is 0. The van der Waals surface area contributed by atoms with Gasteiger partial charge in [0.05, 0.1) is 0 Å². The molecule has 2 amide bonds. The average Bonchev–Trinajstić information content (AvgIpc) is 2.97. The topological polar surface area (TPSA) is 52.7 Å². The van der Waals surface area contributed by atoms with E-state index >= 15 is 0 Å². The van der Waals surface area contributed by atoms with Crippen LogP contribution in [0.2, 0.25) is 0 Å². The molecule has 0 atom stereocenters. The van der Waals surface area contributed by atoms with E-state index in [0.29, 0.717) is 13.1 Å². The van der Waals surface area contributed by atoms with E-state index in [1.165, 1.54) is 5.56 Å². The molecule has 1 N–H and O–H groups in total. The number of benzene rings is 2. The van der Waals surface area contributed by atoms with Crippen molar-refractivity contribution in [1.82, 2.24) is 9.80 Å². The average molecular weight is 406 g/mol. The third-order valence-corrected chi connectivity index (χ3v) is 5.38. The second kappa shape index (κ2) is 10.7. The highest BCUT2D eigenvalue weighted by Gasteiger charge is 2.21. The van der Waals surface area contributed by atoms with Gasteiger partial charge in [-0.15, -0.1) is 0 Å². The maximum absolute atomic E-state index is 12.6. The van der Waals surface area contributed by atoms with Crippen LogP contribution in [0.25, 0.3) is 6.08 Å². The van der Waals surface area contributed by atoms with Gasteiger partial charge in [0.15, 0.2) is 0 Å². The molecule has 5 nitrogen and oxygen atoms in total. The molecule has 2 aromatic carbocycles. The predicted molar refractivity (Wildman–Crippen MR) is 122 cm³/mol. The Morgan fingerprint density at radius 1 is 1.00 bits per heavy atom. The third-order valence-electron chi connectivity index (χ3n) is 5.38. The number of hydrogen-bond donors (Lipinski definition) is 1. The molecule has 1 saturated heterocycles. The van der Waals surface area contributed by atoms with Crippen molar-refractivity contribution in [1.29, 1.82) is 0 Å². The first-order chi connectivity index (χ1) is 14.5. The van der Waals surface area contributed by atoms with Gasteiger partial charge in [0.1, 0.15) is 6.42 Å². The van der Waals surface area contributed by atoms with Crippen LogP contribution in [0.15, 0.2) is 54.6 Å². The van der Waals surface area contributed by atoms with Gasteiger partial charge in [0, 0.05) is 38.4 Å². The molecule has 1 aliphatic rings. The molecule has 0 aliphatic carbocycles.